The average molecular weight is 645 g/mol. The van der Waals surface area contributed by atoms with Gasteiger partial charge < -0.3 is 29.5 Å². The topological polar surface area (TPSA) is 140 Å². The Labute approximate surface area is 275 Å². The Hall–Kier alpha value is -3.95. The molecule has 3 N–H and O–H groups in total. The third-order valence-electron chi connectivity index (χ3n) is 10.3. The highest BCUT2D eigenvalue weighted by Gasteiger charge is 2.81. The average Bonchev–Trinajstić information content (AvgIpc) is 3.11. The van der Waals surface area contributed by atoms with Crippen LogP contribution in [-0.2, 0) is 20.7 Å². The van der Waals surface area contributed by atoms with Gasteiger partial charge >= 0.3 is 5.97 Å². The molecule has 1 spiro atoms. The van der Waals surface area contributed by atoms with Crippen molar-refractivity contribution in [2.45, 2.75) is 109 Å². The smallest absolute Gasteiger partial charge is 0.330 e. The summed E-state index contributed by atoms with van der Waals surface area (Å²) in [5.41, 5.74) is -3.67. The van der Waals surface area contributed by atoms with Crippen LogP contribution in [0.15, 0.2) is 53.2 Å². The number of aliphatic hydroxyl groups is 1. The second-order valence-corrected chi connectivity index (χ2v) is 15.2. The Balaban J connectivity index is 1.58. The summed E-state index contributed by atoms with van der Waals surface area (Å²) in [4.78, 5) is 40.8. The molecular formula is C38H44O9. The fourth-order valence-electron chi connectivity index (χ4n) is 8.08. The van der Waals surface area contributed by atoms with E-state index in [1.807, 2.05) is 52.8 Å². The molecule has 2 unspecified atom stereocenters. The summed E-state index contributed by atoms with van der Waals surface area (Å²) in [6.45, 7) is 14.4. The van der Waals surface area contributed by atoms with E-state index in [-0.39, 0.29) is 40.4 Å². The summed E-state index contributed by atoms with van der Waals surface area (Å²) >= 11 is 0. The van der Waals surface area contributed by atoms with Gasteiger partial charge in [-0.25, -0.2) is 4.79 Å². The first-order valence-electron chi connectivity index (χ1n) is 16.2. The standard InChI is InChI=1S/C38H44O9/c1-20(2)10-11-24-30-23(13-16-36(8,45-30)15-9-14-34(4,5)44)28(39)27-29(40)25-18-22-19-26-35(6,7)47-37(32(22)41,17-12-21(3)33(42)43)38(25,26)46-31(24)27/h9-10,12-14,16,18,22,26,39,44H,11,15,17,19H2,1-8H3,(H,42,43)/b14-9-,21-12+/t22-,26?,36?,37-,38-/m1/s1. The Morgan fingerprint density at radius 3 is 2.40 bits per heavy atom. The van der Waals surface area contributed by atoms with E-state index < -0.39 is 51.6 Å². The van der Waals surface area contributed by atoms with Crippen molar-refractivity contribution in [2.24, 2.45) is 11.8 Å². The molecule has 3 aliphatic heterocycles. The summed E-state index contributed by atoms with van der Waals surface area (Å²) in [6.07, 6.45) is 13.3. The molecule has 5 atom stereocenters. The number of aliphatic carboxylic acids is 1. The number of carboxylic acid groups (broad SMARTS) is 1. The Bertz CT molecular complexity index is 1760. The molecule has 1 aromatic rings. The van der Waals surface area contributed by atoms with Crippen molar-refractivity contribution in [1.82, 2.24) is 0 Å². The van der Waals surface area contributed by atoms with Crippen LogP contribution in [0, 0.1) is 11.8 Å². The zero-order valence-electron chi connectivity index (χ0n) is 28.3. The predicted molar refractivity (Wildman–Crippen MR) is 176 cm³/mol. The first-order valence-corrected chi connectivity index (χ1v) is 16.2. The van der Waals surface area contributed by atoms with Crippen LogP contribution in [0.4, 0.5) is 0 Å². The molecule has 1 aromatic carbocycles. The molecule has 3 heterocycles. The lowest BCUT2D eigenvalue weighted by atomic mass is 9.51. The number of allylic oxidation sites excluding steroid dienone is 3. The van der Waals surface area contributed by atoms with Gasteiger partial charge in [0.1, 0.15) is 28.4 Å². The minimum atomic E-state index is -1.66. The minimum Gasteiger partial charge on any atom is -0.506 e. The van der Waals surface area contributed by atoms with Crippen molar-refractivity contribution in [3.63, 3.8) is 0 Å². The number of rotatable bonds is 8. The normalized spacial score (nSPS) is 31.5. The number of fused-ring (bicyclic) bond motifs is 2. The van der Waals surface area contributed by atoms with Gasteiger partial charge in [0, 0.05) is 41.4 Å². The van der Waals surface area contributed by atoms with Gasteiger partial charge in [0.05, 0.1) is 16.8 Å². The number of carbonyl (C=O) groups is 3. The fourth-order valence-corrected chi connectivity index (χ4v) is 8.08. The molecule has 2 fully saturated rings. The number of carbonyl (C=O) groups excluding carboxylic acids is 2. The van der Waals surface area contributed by atoms with Crippen molar-refractivity contribution in [1.29, 1.82) is 0 Å². The van der Waals surface area contributed by atoms with E-state index in [1.54, 1.807) is 32.1 Å². The number of phenols is 1. The Morgan fingerprint density at radius 2 is 1.77 bits per heavy atom. The molecule has 250 valence electrons. The van der Waals surface area contributed by atoms with E-state index >= 15 is 0 Å². The van der Waals surface area contributed by atoms with E-state index in [9.17, 15) is 29.7 Å². The van der Waals surface area contributed by atoms with Gasteiger partial charge in [0.25, 0.3) is 0 Å². The van der Waals surface area contributed by atoms with Crippen LogP contribution in [0.3, 0.4) is 0 Å². The maximum absolute atomic E-state index is 14.7. The molecule has 7 rings (SSSR count). The molecule has 1 saturated carbocycles. The fraction of sp³-hybridized carbons (Fsp3) is 0.500. The van der Waals surface area contributed by atoms with E-state index in [4.69, 9.17) is 14.2 Å². The lowest BCUT2D eigenvalue weighted by Crippen LogP contribution is -2.72. The minimum absolute atomic E-state index is 0.0150. The highest BCUT2D eigenvalue weighted by molar-refractivity contribution is 6.19. The van der Waals surface area contributed by atoms with Crippen LogP contribution in [0.2, 0.25) is 0 Å². The molecule has 3 aliphatic carbocycles. The monoisotopic (exact) mass is 644 g/mol. The first-order chi connectivity index (χ1) is 21.8. The second-order valence-electron chi connectivity index (χ2n) is 15.2. The third-order valence-corrected chi connectivity index (χ3v) is 10.3. The highest BCUT2D eigenvalue weighted by atomic mass is 16.6. The van der Waals surface area contributed by atoms with Gasteiger partial charge in [-0.2, -0.15) is 0 Å². The summed E-state index contributed by atoms with van der Waals surface area (Å²) in [5, 5.41) is 31.6. The Morgan fingerprint density at radius 1 is 1.06 bits per heavy atom. The molecule has 0 aromatic heterocycles. The SMILES string of the molecule is CC(C)=CCc1c2c(c(O)c3c1O[C@]14C(=C[C@@H]5CC1C(C)(C)O[C@]4(C/C=C(\C)C(=O)O)C5=O)C3=O)C=CC(C)(C/C=C\C(C)(C)O)O2. The zero-order chi connectivity index (χ0) is 34.5. The van der Waals surface area contributed by atoms with Crippen LogP contribution in [0.5, 0.6) is 17.2 Å². The number of hydrogen-bond acceptors (Lipinski definition) is 8. The van der Waals surface area contributed by atoms with Crippen molar-refractivity contribution in [3.8, 4) is 17.2 Å². The molecule has 9 heteroatoms. The van der Waals surface area contributed by atoms with Gasteiger partial charge in [-0.3, -0.25) is 9.59 Å². The molecule has 1 saturated heterocycles. The molecule has 47 heavy (non-hydrogen) atoms. The number of phenolic OH excluding ortho intramolecular Hbond substituents is 1. The molecule has 0 amide bonds. The van der Waals surface area contributed by atoms with E-state index in [0.29, 0.717) is 36.1 Å². The van der Waals surface area contributed by atoms with Crippen molar-refractivity contribution in [2.75, 3.05) is 0 Å². The molecular weight excluding hydrogens is 600 g/mol. The van der Waals surface area contributed by atoms with Gasteiger partial charge in [-0.15, -0.1) is 0 Å². The van der Waals surface area contributed by atoms with Crippen LogP contribution in [0.25, 0.3) is 6.08 Å². The summed E-state index contributed by atoms with van der Waals surface area (Å²) in [7, 11) is 0. The number of ketones is 2. The second kappa shape index (κ2) is 10.5. The van der Waals surface area contributed by atoms with Gasteiger partial charge in [0.15, 0.2) is 22.8 Å². The molecule has 9 nitrogen and oxygen atoms in total. The van der Waals surface area contributed by atoms with Crippen LogP contribution in [-0.4, -0.2) is 60.9 Å². The molecule has 0 radical (unpaired) electrons. The number of hydrogen-bond donors (Lipinski definition) is 3. The number of Topliss-reactive ketones (excluding diaryl/α,β-unsaturated/α-hetero) is 2. The number of benzene rings is 1. The Kier molecular flexibility index (Phi) is 7.38. The largest absolute Gasteiger partial charge is 0.506 e. The van der Waals surface area contributed by atoms with Crippen LogP contribution >= 0.6 is 0 Å². The summed E-state index contributed by atoms with van der Waals surface area (Å²) in [6, 6.07) is 0. The third kappa shape index (κ3) is 4.84. The van der Waals surface area contributed by atoms with Crippen molar-refractivity contribution >= 4 is 23.6 Å². The molecule has 4 bridgehead atoms. The number of ether oxygens (including phenoxy) is 3. The van der Waals surface area contributed by atoms with Gasteiger partial charge in [-0.05, 0) is 80.4 Å². The van der Waals surface area contributed by atoms with E-state index in [0.717, 1.165) is 5.57 Å². The maximum atomic E-state index is 14.7. The van der Waals surface area contributed by atoms with E-state index in [2.05, 4.69) is 0 Å². The van der Waals surface area contributed by atoms with Crippen molar-refractivity contribution in [3.05, 3.63) is 69.9 Å². The molecule has 6 aliphatic rings. The van der Waals surface area contributed by atoms with Crippen LogP contribution in [0.1, 0.15) is 96.1 Å². The van der Waals surface area contributed by atoms with Crippen LogP contribution < -0.4 is 9.47 Å². The number of carboxylic acids is 1. The maximum Gasteiger partial charge on any atom is 0.330 e. The lowest BCUT2D eigenvalue weighted by molar-refractivity contribution is -0.171. The van der Waals surface area contributed by atoms with Gasteiger partial charge in [0.2, 0.25) is 0 Å². The van der Waals surface area contributed by atoms with Gasteiger partial charge in [-0.1, -0.05) is 36.0 Å². The number of aromatic hydroxyl groups is 1. The van der Waals surface area contributed by atoms with E-state index in [1.165, 1.54) is 13.0 Å². The van der Waals surface area contributed by atoms with Crippen molar-refractivity contribution < 1.29 is 43.9 Å². The summed E-state index contributed by atoms with van der Waals surface area (Å²) in [5.74, 6) is -2.58. The highest BCUT2D eigenvalue weighted by Crippen LogP contribution is 2.68. The lowest BCUT2D eigenvalue weighted by Gasteiger charge is -2.56. The zero-order valence-corrected chi connectivity index (χ0v) is 28.3. The predicted octanol–water partition coefficient (Wildman–Crippen LogP) is 6.21. The first kappa shape index (κ1) is 33.0. The summed E-state index contributed by atoms with van der Waals surface area (Å²) < 4.78 is 20.5. The quantitative estimate of drug-likeness (QED) is 0.223.